The highest BCUT2D eigenvalue weighted by atomic mass is 19.1. The van der Waals surface area contributed by atoms with Crippen LogP contribution in [0, 0.1) is 5.82 Å². The molecule has 1 fully saturated rings. The van der Waals surface area contributed by atoms with E-state index in [1.807, 2.05) is 13.8 Å². The molecule has 0 atom stereocenters. The summed E-state index contributed by atoms with van der Waals surface area (Å²) in [6.45, 7) is 5.18. The van der Waals surface area contributed by atoms with Gasteiger partial charge in [-0.3, -0.25) is 4.79 Å². The van der Waals surface area contributed by atoms with Crippen LogP contribution in [-0.2, 0) is 0 Å². The van der Waals surface area contributed by atoms with Gasteiger partial charge in [0.05, 0.1) is 0 Å². The number of piperidine rings is 1. The number of halogens is 1. The van der Waals surface area contributed by atoms with Gasteiger partial charge in [-0.15, -0.1) is 0 Å². The van der Waals surface area contributed by atoms with Crippen molar-refractivity contribution in [1.82, 2.24) is 24.5 Å². The Morgan fingerprint density at radius 2 is 2.04 bits per heavy atom. The summed E-state index contributed by atoms with van der Waals surface area (Å²) in [7, 11) is 0. The van der Waals surface area contributed by atoms with Crippen LogP contribution in [0.25, 0.3) is 5.78 Å². The van der Waals surface area contributed by atoms with Gasteiger partial charge in [0.2, 0.25) is 0 Å². The van der Waals surface area contributed by atoms with E-state index in [0.29, 0.717) is 43.2 Å². The predicted octanol–water partition coefficient (Wildman–Crippen LogP) is 3.07. The fraction of sp³-hybridized carbons (Fsp3) is 0.400. The van der Waals surface area contributed by atoms with Gasteiger partial charge in [-0.1, -0.05) is 19.9 Å². The van der Waals surface area contributed by atoms with Gasteiger partial charge >= 0.3 is 0 Å². The molecule has 0 N–H and O–H groups in total. The molecule has 1 aliphatic heterocycles. The summed E-state index contributed by atoms with van der Waals surface area (Å²) < 4.78 is 20.7. The maximum atomic E-state index is 13.3. The number of fused-ring (bicyclic) bond motifs is 1. The van der Waals surface area contributed by atoms with Crippen molar-refractivity contribution in [3.63, 3.8) is 0 Å². The zero-order valence-electron chi connectivity index (χ0n) is 15.9. The van der Waals surface area contributed by atoms with Gasteiger partial charge in [-0.25, -0.2) is 9.37 Å². The second kappa shape index (κ2) is 7.53. The number of nitrogens with zero attached hydrogens (tertiary/aromatic N) is 5. The van der Waals surface area contributed by atoms with Gasteiger partial charge in [-0.05, 0) is 24.1 Å². The van der Waals surface area contributed by atoms with E-state index in [1.54, 1.807) is 23.1 Å². The number of hydrogen-bond acceptors (Lipinski definition) is 5. The molecule has 1 saturated heterocycles. The number of ether oxygens (including phenoxy) is 1. The molecular weight excluding hydrogens is 361 g/mol. The van der Waals surface area contributed by atoms with E-state index in [4.69, 9.17) is 4.74 Å². The predicted molar refractivity (Wildman–Crippen MR) is 101 cm³/mol. The first kappa shape index (κ1) is 18.3. The molecule has 1 aliphatic rings. The van der Waals surface area contributed by atoms with Gasteiger partial charge in [0.25, 0.3) is 11.7 Å². The van der Waals surface area contributed by atoms with Crippen LogP contribution in [0.5, 0.6) is 5.75 Å². The molecule has 1 amide bonds. The highest BCUT2D eigenvalue weighted by molar-refractivity contribution is 5.93. The highest BCUT2D eigenvalue weighted by Gasteiger charge is 2.27. The van der Waals surface area contributed by atoms with Crippen LogP contribution < -0.4 is 4.74 Å². The van der Waals surface area contributed by atoms with Gasteiger partial charge in [0.1, 0.15) is 29.7 Å². The van der Waals surface area contributed by atoms with Crippen LogP contribution in [0.2, 0.25) is 0 Å². The molecule has 0 aliphatic carbocycles. The lowest BCUT2D eigenvalue weighted by Crippen LogP contribution is -2.42. The topological polar surface area (TPSA) is 72.6 Å². The first-order chi connectivity index (χ1) is 13.5. The molecule has 3 heterocycles. The minimum absolute atomic E-state index is 0.0408. The van der Waals surface area contributed by atoms with Crippen molar-refractivity contribution >= 4 is 11.7 Å². The van der Waals surface area contributed by atoms with Crippen molar-refractivity contribution < 1.29 is 13.9 Å². The van der Waals surface area contributed by atoms with Crippen LogP contribution in [-0.4, -0.2) is 49.6 Å². The standard InChI is InChI=1S/C20H22FN5O2/c1-13(2)17-11-18(26-20(24-17)22-12-23-26)19(27)25-8-6-15(7-9-25)28-16-5-3-4-14(21)10-16/h3-5,10-13,15H,6-9H2,1-2H3. The van der Waals surface area contributed by atoms with E-state index in [2.05, 4.69) is 15.1 Å². The van der Waals surface area contributed by atoms with Crippen LogP contribution in [0.1, 0.15) is 48.8 Å². The minimum Gasteiger partial charge on any atom is -0.490 e. The molecule has 146 valence electrons. The molecule has 0 saturated carbocycles. The Bertz CT molecular complexity index is 995. The first-order valence-corrected chi connectivity index (χ1v) is 9.43. The van der Waals surface area contributed by atoms with Crippen molar-refractivity contribution in [3.05, 3.63) is 53.9 Å². The van der Waals surface area contributed by atoms with Gasteiger partial charge < -0.3 is 9.64 Å². The van der Waals surface area contributed by atoms with Crippen LogP contribution in [0.15, 0.2) is 36.7 Å². The summed E-state index contributed by atoms with van der Waals surface area (Å²) in [5, 5.41) is 4.15. The normalized spacial score (nSPS) is 15.4. The largest absolute Gasteiger partial charge is 0.490 e. The van der Waals surface area contributed by atoms with E-state index in [-0.39, 0.29) is 23.7 Å². The van der Waals surface area contributed by atoms with Crippen LogP contribution >= 0.6 is 0 Å². The monoisotopic (exact) mass is 383 g/mol. The highest BCUT2D eigenvalue weighted by Crippen LogP contribution is 2.22. The Morgan fingerprint density at radius 3 is 2.75 bits per heavy atom. The fourth-order valence-corrected chi connectivity index (χ4v) is 3.35. The Labute approximate surface area is 162 Å². The molecule has 28 heavy (non-hydrogen) atoms. The van der Waals surface area contributed by atoms with Crippen molar-refractivity contribution in [2.75, 3.05) is 13.1 Å². The second-order valence-electron chi connectivity index (χ2n) is 7.26. The summed E-state index contributed by atoms with van der Waals surface area (Å²) in [6, 6.07) is 7.93. The van der Waals surface area contributed by atoms with Gasteiger partial charge in [-0.2, -0.15) is 14.6 Å². The first-order valence-electron chi connectivity index (χ1n) is 9.43. The third-order valence-electron chi connectivity index (χ3n) is 4.91. The van der Waals surface area contributed by atoms with E-state index >= 15 is 0 Å². The number of benzene rings is 1. The molecule has 7 nitrogen and oxygen atoms in total. The lowest BCUT2D eigenvalue weighted by Gasteiger charge is -2.32. The van der Waals surface area contributed by atoms with Crippen LogP contribution in [0.3, 0.4) is 0 Å². The van der Waals surface area contributed by atoms with E-state index < -0.39 is 0 Å². The van der Waals surface area contributed by atoms with Crippen molar-refractivity contribution in [3.8, 4) is 5.75 Å². The fourth-order valence-electron chi connectivity index (χ4n) is 3.35. The number of hydrogen-bond donors (Lipinski definition) is 0. The Balaban J connectivity index is 1.47. The summed E-state index contributed by atoms with van der Waals surface area (Å²) in [6.07, 6.45) is 2.73. The Morgan fingerprint density at radius 1 is 1.25 bits per heavy atom. The van der Waals surface area contributed by atoms with Crippen LogP contribution in [0.4, 0.5) is 4.39 Å². The lowest BCUT2D eigenvalue weighted by molar-refractivity contribution is 0.0587. The SMILES string of the molecule is CC(C)c1cc(C(=O)N2CCC(Oc3cccc(F)c3)CC2)n2ncnc2n1. The molecule has 0 spiro atoms. The zero-order chi connectivity index (χ0) is 19.7. The number of rotatable bonds is 4. The summed E-state index contributed by atoms with van der Waals surface area (Å²) in [4.78, 5) is 23.5. The summed E-state index contributed by atoms with van der Waals surface area (Å²) in [5.74, 6) is 0.715. The summed E-state index contributed by atoms with van der Waals surface area (Å²) >= 11 is 0. The van der Waals surface area contributed by atoms with Crippen molar-refractivity contribution in [2.24, 2.45) is 0 Å². The molecule has 8 heteroatoms. The van der Waals surface area contributed by atoms with E-state index in [0.717, 1.165) is 5.69 Å². The average Bonchev–Trinajstić information content (AvgIpc) is 3.16. The minimum atomic E-state index is -0.319. The zero-order valence-corrected chi connectivity index (χ0v) is 15.9. The molecule has 0 radical (unpaired) electrons. The molecular formula is C20H22FN5O2. The number of aromatic nitrogens is 4. The number of amides is 1. The molecule has 2 aromatic heterocycles. The number of likely N-dealkylation sites (tertiary alicyclic amines) is 1. The average molecular weight is 383 g/mol. The molecule has 4 rings (SSSR count). The molecule has 3 aromatic rings. The van der Waals surface area contributed by atoms with Gasteiger partial charge in [0.15, 0.2) is 0 Å². The third kappa shape index (κ3) is 3.67. The molecule has 0 unspecified atom stereocenters. The van der Waals surface area contributed by atoms with E-state index in [9.17, 15) is 9.18 Å². The molecule has 0 bridgehead atoms. The smallest absolute Gasteiger partial charge is 0.272 e. The third-order valence-corrected chi connectivity index (χ3v) is 4.91. The lowest BCUT2D eigenvalue weighted by atomic mass is 10.1. The van der Waals surface area contributed by atoms with Crippen molar-refractivity contribution in [2.45, 2.75) is 38.7 Å². The Hall–Kier alpha value is -3.03. The summed E-state index contributed by atoms with van der Waals surface area (Å²) in [5.41, 5.74) is 1.28. The maximum Gasteiger partial charge on any atom is 0.272 e. The number of carbonyl (C=O) groups excluding carboxylic acids is 1. The second-order valence-corrected chi connectivity index (χ2v) is 7.26. The Kier molecular flexibility index (Phi) is 4.93. The number of carbonyl (C=O) groups is 1. The van der Waals surface area contributed by atoms with Gasteiger partial charge in [0, 0.05) is 37.7 Å². The quantitative estimate of drug-likeness (QED) is 0.692. The maximum absolute atomic E-state index is 13.3. The van der Waals surface area contributed by atoms with Crippen molar-refractivity contribution in [1.29, 1.82) is 0 Å². The van der Waals surface area contributed by atoms with E-state index in [1.165, 1.54) is 23.0 Å². The molecule has 1 aromatic carbocycles.